The molecule has 2 aliphatic rings. The lowest BCUT2D eigenvalue weighted by molar-refractivity contribution is 0.0363. The van der Waals surface area contributed by atoms with E-state index in [4.69, 9.17) is 4.74 Å². The normalized spacial score (nSPS) is 16.9. The molecule has 8 nitrogen and oxygen atoms in total. The van der Waals surface area contributed by atoms with Gasteiger partial charge in [-0.15, -0.1) is 0 Å². The Morgan fingerprint density at radius 1 is 1.29 bits per heavy atom. The minimum atomic E-state index is -0.370. The van der Waals surface area contributed by atoms with Crippen LogP contribution in [0.4, 0.5) is 5.82 Å². The maximum absolute atomic E-state index is 13.0. The van der Waals surface area contributed by atoms with E-state index in [1.54, 1.807) is 34.1 Å². The Hall–Kier alpha value is -2.10. The van der Waals surface area contributed by atoms with Gasteiger partial charge in [0.05, 0.1) is 18.9 Å². The van der Waals surface area contributed by atoms with Gasteiger partial charge in [0.25, 0.3) is 11.5 Å². The molecule has 0 radical (unpaired) electrons. The van der Waals surface area contributed by atoms with E-state index in [0.29, 0.717) is 17.9 Å². The van der Waals surface area contributed by atoms with Gasteiger partial charge in [-0.3, -0.25) is 19.2 Å². The van der Waals surface area contributed by atoms with Crippen LogP contribution in [0.1, 0.15) is 27.2 Å². The summed E-state index contributed by atoms with van der Waals surface area (Å²) in [4.78, 5) is 28.2. The van der Waals surface area contributed by atoms with Crippen LogP contribution < -0.4 is 10.9 Å². The molecule has 1 amide bonds. The van der Waals surface area contributed by atoms with Gasteiger partial charge in [-0.05, 0) is 18.6 Å². The number of aromatic nitrogens is 3. The number of anilines is 1. The fourth-order valence-corrected chi connectivity index (χ4v) is 4.69. The molecular formula is C19H25N5O3S. The SMILES string of the molecule is Cc1ccn(CCN2CCOCC2)c(=O)c1C(=O)Nc1c2c(nn1C)CSC2. The van der Waals surface area contributed by atoms with Crippen molar-refractivity contribution in [3.63, 3.8) is 0 Å². The maximum atomic E-state index is 13.0. The van der Waals surface area contributed by atoms with E-state index in [2.05, 4.69) is 15.3 Å². The molecular weight excluding hydrogens is 378 g/mol. The fraction of sp³-hybridized carbons (Fsp3) is 0.526. The number of aryl methyl sites for hydroxylation is 2. The zero-order valence-corrected chi connectivity index (χ0v) is 17.0. The molecule has 1 saturated heterocycles. The number of carbonyl (C=O) groups excluding carboxylic acids is 1. The Kier molecular flexibility index (Phi) is 5.56. The highest BCUT2D eigenvalue weighted by Gasteiger charge is 2.24. The Morgan fingerprint density at radius 2 is 2.07 bits per heavy atom. The second-order valence-corrected chi connectivity index (χ2v) is 8.16. The summed E-state index contributed by atoms with van der Waals surface area (Å²) in [6.45, 7) is 6.31. The Morgan fingerprint density at radius 3 is 2.86 bits per heavy atom. The van der Waals surface area contributed by atoms with Crippen molar-refractivity contribution in [3.05, 3.63) is 45.0 Å². The van der Waals surface area contributed by atoms with Crippen LogP contribution in [0.3, 0.4) is 0 Å². The molecule has 0 unspecified atom stereocenters. The number of carbonyl (C=O) groups is 1. The van der Waals surface area contributed by atoms with Gasteiger partial charge in [0, 0.05) is 56.5 Å². The van der Waals surface area contributed by atoms with Crippen molar-refractivity contribution in [1.29, 1.82) is 0 Å². The number of nitrogens with zero attached hydrogens (tertiary/aromatic N) is 4. The lowest BCUT2D eigenvalue weighted by Crippen LogP contribution is -2.40. The molecule has 1 N–H and O–H groups in total. The molecule has 0 aliphatic carbocycles. The van der Waals surface area contributed by atoms with Crippen molar-refractivity contribution in [2.45, 2.75) is 25.0 Å². The molecule has 2 aromatic heterocycles. The van der Waals surface area contributed by atoms with Crippen LogP contribution in [-0.4, -0.2) is 58.0 Å². The van der Waals surface area contributed by atoms with Crippen LogP contribution in [0.2, 0.25) is 0 Å². The van der Waals surface area contributed by atoms with E-state index in [-0.39, 0.29) is 17.0 Å². The number of pyridine rings is 1. The molecule has 2 aromatic rings. The van der Waals surface area contributed by atoms with Gasteiger partial charge < -0.3 is 14.6 Å². The van der Waals surface area contributed by atoms with Crippen LogP contribution in [0, 0.1) is 6.92 Å². The number of morpholine rings is 1. The number of ether oxygens (including phenoxy) is 1. The predicted molar refractivity (Wildman–Crippen MR) is 109 cm³/mol. The Balaban J connectivity index is 1.53. The van der Waals surface area contributed by atoms with Crippen LogP contribution in [0.5, 0.6) is 0 Å². The molecule has 9 heteroatoms. The number of rotatable bonds is 5. The summed E-state index contributed by atoms with van der Waals surface area (Å²) in [6, 6.07) is 1.83. The van der Waals surface area contributed by atoms with Crippen molar-refractivity contribution in [2.24, 2.45) is 7.05 Å². The minimum absolute atomic E-state index is 0.199. The average Bonchev–Trinajstić information content (AvgIpc) is 3.24. The zero-order valence-electron chi connectivity index (χ0n) is 16.2. The van der Waals surface area contributed by atoms with Crippen LogP contribution in [-0.2, 0) is 29.8 Å². The summed E-state index contributed by atoms with van der Waals surface area (Å²) < 4.78 is 8.68. The highest BCUT2D eigenvalue weighted by atomic mass is 32.2. The first-order valence-corrected chi connectivity index (χ1v) is 10.6. The van der Waals surface area contributed by atoms with Gasteiger partial charge in [-0.2, -0.15) is 16.9 Å². The number of thioether (sulfide) groups is 1. The second kappa shape index (κ2) is 8.10. The predicted octanol–water partition coefficient (Wildman–Crippen LogP) is 1.22. The van der Waals surface area contributed by atoms with E-state index in [0.717, 1.165) is 55.6 Å². The minimum Gasteiger partial charge on any atom is -0.379 e. The lowest BCUT2D eigenvalue weighted by Gasteiger charge is -2.26. The largest absolute Gasteiger partial charge is 0.379 e. The number of fused-ring (bicyclic) bond motifs is 1. The summed E-state index contributed by atoms with van der Waals surface area (Å²) >= 11 is 1.78. The summed E-state index contributed by atoms with van der Waals surface area (Å²) in [6.07, 6.45) is 1.77. The topological polar surface area (TPSA) is 81.4 Å². The lowest BCUT2D eigenvalue weighted by atomic mass is 10.1. The molecule has 1 fully saturated rings. The number of hydrogen-bond donors (Lipinski definition) is 1. The highest BCUT2D eigenvalue weighted by molar-refractivity contribution is 7.98. The Labute approximate surface area is 167 Å². The third-order valence-corrected chi connectivity index (χ3v) is 6.28. The summed E-state index contributed by atoms with van der Waals surface area (Å²) in [5, 5.41) is 7.39. The summed E-state index contributed by atoms with van der Waals surface area (Å²) in [5.41, 5.74) is 2.69. The third kappa shape index (κ3) is 3.74. The molecule has 4 heterocycles. The van der Waals surface area contributed by atoms with Gasteiger partial charge in [-0.1, -0.05) is 0 Å². The molecule has 28 heavy (non-hydrogen) atoms. The van der Waals surface area contributed by atoms with Gasteiger partial charge in [0.2, 0.25) is 0 Å². The van der Waals surface area contributed by atoms with E-state index in [9.17, 15) is 9.59 Å². The molecule has 2 aliphatic heterocycles. The zero-order chi connectivity index (χ0) is 19.7. The van der Waals surface area contributed by atoms with Crippen LogP contribution >= 0.6 is 11.8 Å². The molecule has 0 atom stereocenters. The van der Waals surface area contributed by atoms with E-state index >= 15 is 0 Å². The molecule has 0 saturated carbocycles. The highest BCUT2D eigenvalue weighted by Crippen LogP contribution is 2.34. The number of hydrogen-bond acceptors (Lipinski definition) is 6. The average molecular weight is 404 g/mol. The Bertz CT molecular complexity index is 946. The third-order valence-electron chi connectivity index (χ3n) is 5.31. The summed E-state index contributed by atoms with van der Waals surface area (Å²) in [5.74, 6) is 2.01. The smallest absolute Gasteiger partial charge is 0.263 e. The second-order valence-electron chi connectivity index (χ2n) is 7.17. The van der Waals surface area contributed by atoms with Gasteiger partial charge in [-0.25, -0.2) is 0 Å². The van der Waals surface area contributed by atoms with Gasteiger partial charge >= 0.3 is 0 Å². The first-order valence-electron chi connectivity index (χ1n) is 9.48. The maximum Gasteiger partial charge on any atom is 0.263 e. The van der Waals surface area contributed by atoms with Gasteiger partial charge in [0.15, 0.2) is 0 Å². The van der Waals surface area contributed by atoms with Crippen molar-refractivity contribution in [2.75, 3.05) is 38.2 Å². The molecule has 0 aromatic carbocycles. The van der Waals surface area contributed by atoms with Gasteiger partial charge in [0.1, 0.15) is 11.4 Å². The van der Waals surface area contributed by atoms with E-state index in [1.165, 1.54) is 0 Å². The van der Waals surface area contributed by atoms with E-state index in [1.807, 2.05) is 13.1 Å². The molecule has 150 valence electrons. The van der Waals surface area contributed by atoms with Crippen molar-refractivity contribution in [3.8, 4) is 0 Å². The molecule has 4 rings (SSSR count). The van der Waals surface area contributed by atoms with Crippen molar-refractivity contribution in [1.82, 2.24) is 19.2 Å². The summed E-state index contributed by atoms with van der Waals surface area (Å²) in [7, 11) is 1.82. The molecule has 0 spiro atoms. The van der Waals surface area contributed by atoms with Crippen LogP contribution in [0.25, 0.3) is 0 Å². The number of nitrogens with one attached hydrogen (secondary N) is 1. The molecule has 0 bridgehead atoms. The van der Waals surface area contributed by atoms with Crippen molar-refractivity contribution >= 4 is 23.5 Å². The first kappa shape index (κ1) is 19.2. The monoisotopic (exact) mass is 403 g/mol. The number of amides is 1. The first-order chi connectivity index (χ1) is 13.5. The standard InChI is InChI=1S/C19H25N5O3S/c1-13-3-4-24(6-5-23-7-9-27-10-8-23)19(26)16(13)18(25)20-17-14-11-28-12-15(14)21-22(17)2/h3-4H,5-12H2,1-2H3,(H,20,25). The fourth-order valence-electron chi connectivity index (χ4n) is 3.66. The van der Waals surface area contributed by atoms with Crippen LogP contribution in [0.15, 0.2) is 17.1 Å². The van der Waals surface area contributed by atoms with E-state index < -0.39 is 0 Å². The van der Waals surface area contributed by atoms with Crippen molar-refractivity contribution < 1.29 is 9.53 Å². The quantitative estimate of drug-likeness (QED) is 0.809.